The minimum Gasteiger partial charge on any atom is -0.334 e. The number of halogens is 1. The predicted octanol–water partition coefficient (Wildman–Crippen LogP) is 3.96. The highest BCUT2D eigenvalue weighted by atomic mass is 19.1. The van der Waals surface area contributed by atoms with E-state index in [0.717, 1.165) is 17.7 Å². The second-order valence-corrected chi connectivity index (χ2v) is 6.35. The fraction of sp³-hybridized carbons (Fsp3) is 0.250. The summed E-state index contributed by atoms with van der Waals surface area (Å²) in [7, 11) is 0. The smallest absolute Gasteiger partial charge is 0.257 e. The topological polar surface area (TPSA) is 59.2 Å². The first-order valence-corrected chi connectivity index (χ1v) is 8.63. The number of benzene rings is 2. The average molecular weight is 351 g/mol. The molecule has 5 nitrogen and oxygen atoms in total. The molecule has 1 amide bonds. The molecule has 3 aromatic rings. The Morgan fingerprint density at radius 3 is 2.73 bits per heavy atom. The van der Waals surface area contributed by atoms with Gasteiger partial charge in [0.2, 0.25) is 5.91 Å². The van der Waals surface area contributed by atoms with Crippen molar-refractivity contribution in [2.75, 3.05) is 11.4 Å². The Bertz CT molecular complexity index is 936. The van der Waals surface area contributed by atoms with Crippen LogP contribution in [-0.4, -0.2) is 22.6 Å². The molecule has 0 bridgehead atoms. The van der Waals surface area contributed by atoms with Crippen LogP contribution in [0, 0.1) is 5.82 Å². The van der Waals surface area contributed by atoms with Crippen molar-refractivity contribution in [3.63, 3.8) is 0 Å². The molecule has 1 aliphatic heterocycles. The Labute approximate surface area is 150 Å². The average Bonchev–Trinajstić information content (AvgIpc) is 3.29. The zero-order valence-corrected chi connectivity index (χ0v) is 14.4. The van der Waals surface area contributed by atoms with Gasteiger partial charge in [0.1, 0.15) is 5.82 Å². The van der Waals surface area contributed by atoms with Crippen LogP contribution in [0.15, 0.2) is 53.1 Å². The Hall–Kier alpha value is -3.02. The molecular weight excluding hydrogens is 333 g/mol. The van der Waals surface area contributed by atoms with Crippen LogP contribution in [0.25, 0.3) is 11.5 Å². The number of aromatic nitrogens is 2. The zero-order valence-electron chi connectivity index (χ0n) is 14.4. The van der Waals surface area contributed by atoms with Crippen LogP contribution >= 0.6 is 0 Å². The highest BCUT2D eigenvalue weighted by Gasteiger charge is 2.35. The summed E-state index contributed by atoms with van der Waals surface area (Å²) in [5, 5.41) is 4.04. The van der Waals surface area contributed by atoms with Crippen molar-refractivity contribution in [2.24, 2.45) is 0 Å². The highest BCUT2D eigenvalue weighted by molar-refractivity contribution is 5.97. The van der Waals surface area contributed by atoms with Crippen molar-refractivity contribution in [3.05, 3.63) is 65.7 Å². The van der Waals surface area contributed by atoms with E-state index in [1.165, 1.54) is 12.1 Å². The molecule has 1 atom stereocenters. The molecule has 2 heterocycles. The monoisotopic (exact) mass is 351 g/mol. The van der Waals surface area contributed by atoms with E-state index in [2.05, 4.69) is 17.1 Å². The van der Waals surface area contributed by atoms with E-state index in [1.807, 2.05) is 24.3 Å². The van der Waals surface area contributed by atoms with Gasteiger partial charge in [-0.3, -0.25) is 4.79 Å². The summed E-state index contributed by atoms with van der Waals surface area (Å²) >= 11 is 0. The lowest BCUT2D eigenvalue weighted by molar-refractivity contribution is -0.117. The fourth-order valence-electron chi connectivity index (χ4n) is 3.30. The van der Waals surface area contributed by atoms with Gasteiger partial charge >= 0.3 is 0 Å². The van der Waals surface area contributed by atoms with Crippen molar-refractivity contribution in [2.45, 2.75) is 25.7 Å². The van der Waals surface area contributed by atoms with E-state index in [9.17, 15) is 9.18 Å². The molecule has 4 rings (SSSR count). The van der Waals surface area contributed by atoms with E-state index in [4.69, 9.17) is 4.52 Å². The van der Waals surface area contributed by atoms with Crippen LogP contribution in [0.5, 0.6) is 0 Å². The molecule has 1 saturated heterocycles. The first-order chi connectivity index (χ1) is 12.7. The molecule has 0 aliphatic carbocycles. The number of amides is 1. The van der Waals surface area contributed by atoms with E-state index >= 15 is 0 Å². The van der Waals surface area contributed by atoms with Crippen molar-refractivity contribution in [1.82, 2.24) is 10.1 Å². The Kier molecular flexibility index (Phi) is 4.24. The molecule has 6 heteroatoms. The number of anilines is 1. The normalized spacial score (nSPS) is 17.1. The number of para-hydroxylation sites is 1. The third kappa shape index (κ3) is 2.98. The minimum absolute atomic E-state index is 0.0593. The highest BCUT2D eigenvalue weighted by Crippen LogP contribution is 2.33. The van der Waals surface area contributed by atoms with Gasteiger partial charge in [-0.2, -0.15) is 4.98 Å². The standard InChI is InChI=1S/C20H18FN3O2/c1-2-13-5-3-4-6-17(13)24-12-15(11-18(24)25)19-22-20(26-23-19)14-7-9-16(21)10-8-14/h3-10,15H,2,11-12H2,1H3. The molecule has 0 saturated carbocycles. The van der Waals surface area contributed by atoms with Gasteiger partial charge in [0.25, 0.3) is 5.89 Å². The van der Waals surface area contributed by atoms with Crippen LogP contribution in [0.3, 0.4) is 0 Å². The molecule has 132 valence electrons. The van der Waals surface area contributed by atoms with Crippen molar-refractivity contribution in [1.29, 1.82) is 0 Å². The summed E-state index contributed by atoms with van der Waals surface area (Å²) in [6, 6.07) is 13.8. The zero-order chi connectivity index (χ0) is 18.1. The summed E-state index contributed by atoms with van der Waals surface area (Å²) in [5.41, 5.74) is 2.74. The van der Waals surface area contributed by atoms with Crippen LogP contribution in [0.1, 0.15) is 30.7 Å². The third-order valence-corrected chi connectivity index (χ3v) is 4.69. The Morgan fingerprint density at radius 2 is 1.96 bits per heavy atom. The number of rotatable bonds is 4. The van der Waals surface area contributed by atoms with Gasteiger partial charge in [-0.25, -0.2) is 4.39 Å². The largest absolute Gasteiger partial charge is 0.334 e. The summed E-state index contributed by atoms with van der Waals surface area (Å²) in [6.07, 6.45) is 1.21. The molecule has 2 aromatic carbocycles. The number of aryl methyl sites for hydroxylation is 1. The first-order valence-electron chi connectivity index (χ1n) is 8.63. The molecular formula is C20H18FN3O2. The van der Waals surface area contributed by atoms with E-state index < -0.39 is 0 Å². The van der Waals surface area contributed by atoms with E-state index in [-0.39, 0.29) is 17.6 Å². The van der Waals surface area contributed by atoms with Crippen molar-refractivity contribution >= 4 is 11.6 Å². The lowest BCUT2D eigenvalue weighted by Gasteiger charge is -2.19. The minimum atomic E-state index is -0.319. The molecule has 1 fully saturated rings. The van der Waals surface area contributed by atoms with Gasteiger partial charge < -0.3 is 9.42 Å². The number of hydrogen-bond donors (Lipinski definition) is 0. The Morgan fingerprint density at radius 1 is 1.19 bits per heavy atom. The molecule has 1 unspecified atom stereocenters. The van der Waals surface area contributed by atoms with Crippen molar-refractivity contribution < 1.29 is 13.7 Å². The predicted molar refractivity (Wildman–Crippen MR) is 95.2 cm³/mol. The molecule has 0 radical (unpaired) electrons. The molecule has 26 heavy (non-hydrogen) atoms. The van der Waals surface area contributed by atoms with Gasteiger partial charge in [0.15, 0.2) is 5.82 Å². The van der Waals surface area contributed by atoms with Gasteiger partial charge in [0.05, 0.1) is 0 Å². The van der Waals surface area contributed by atoms with Gasteiger partial charge in [-0.1, -0.05) is 30.3 Å². The summed E-state index contributed by atoms with van der Waals surface area (Å²) in [6.45, 7) is 2.60. The van der Waals surface area contributed by atoms with Crippen LogP contribution < -0.4 is 4.90 Å². The van der Waals surface area contributed by atoms with Crippen LogP contribution in [0.4, 0.5) is 10.1 Å². The molecule has 0 spiro atoms. The molecule has 0 N–H and O–H groups in total. The number of hydrogen-bond acceptors (Lipinski definition) is 4. The number of nitrogens with zero attached hydrogens (tertiary/aromatic N) is 3. The number of carbonyl (C=O) groups is 1. The summed E-state index contributed by atoms with van der Waals surface area (Å²) in [4.78, 5) is 18.8. The lowest BCUT2D eigenvalue weighted by Crippen LogP contribution is -2.25. The summed E-state index contributed by atoms with van der Waals surface area (Å²) < 4.78 is 18.4. The number of carbonyl (C=O) groups excluding carboxylic acids is 1. The fourth-order valence-corrected chi connectivity index (χ4v) is 3.30. The van der Waals surface area contributed by atoms with Crippen molar-refractivity contribution in [3.8, 4) is 11.5 Å². The quantitative estimate of drug-likeness (QED) is 0.714. The SMILES string of the molecule is CCc1ccccc1N1CC(c2noc(-c3ccc(F)cc3)n2)CC1=O. The van der Waals surface area contributed by atoms with E-state index in [0.29, 0.717) is 30.2 Å². The maximum absolute atomic E-state index is 13.1. The van der Waals surface area contributed by atoms with Gasteiger partial charge in [-0.15, -0.1) is 0 Å². The molecule has 1 aliphatic rings. The first kappa shape index (κ1) is 16.4. The van der Waals surface area contributed by atoms with Crippen LogP contribution in [0.2, 0.25) is 0 Å². The Balaban J connectivity index is 1.57. The van der Waals surface area contributed by atoms with Gasteiger partial charge in [0, 0.05) is 30.1 Å². The maximum Gasteiger partial charge on any atom is 0.257 e. The molecule has 1 aromatic heterocycles. The second-order valence-electron chi connectivity index (χ2n) is 6.35. The van der Waals surface area contributed by atoms with Crippen LogP contribution in [-0.2, 0) is 11.2 Å². The van der Waals surface area contributed by atoms with Gasteiger partial charge in [-0.05, 0) is 42.3 Å². The third-order valence-electron chi connectivity index (χ3n) is 4.69. The lowest BCUT2D eigenvalue weighted by atomic mass is 10.1. The summed E-state index contributed by atoms with van der Waals surface area (Å²) in [5.74, 6) is 0.462. The second kappa shape index (κ2) is 6.71. The van der Waals surface area contributed by atoms with E-state index in [1.54, 1.807) is 17.0 Å². The maximum atomic E-state index is 13.1.